The first-order valence-corrected chi connectivity index (χ1v) is 10.2. The number of rotatable bonds is 5. The minimum Gasteiger partial charge on any atom is -0.479 e. The second-order valence-electron chi connectivity index (χ2n) is 7.72. The van der Waals surface area contributed by atoms with Crippen molar-refractivity contribution in [3.63, 3.8) is 0 Å². The van der Waals surface area contributed by atoms with Gasteiger partial charge < -0.3 is 15.2 Å². The molecule has 0 aromatic carbocycles. The van der Waals surface area contributed by atoms with Crippen molar-refractivity contribution >= 4 is 40.2 Å². The predicted molar refractivity (Wildman–Crippen MR) is 104 cm³/mol. The van der Waals surface area contributed by atoms with E-state index in [1.165, 1.54) is 23.1 Å². The van der Waals surface area contributed by atoms with Crippen LogP contribution in [0, 0.1) is 5.92 Å². The third-order valence-electron chi connectivity index (χ3n) is 3.65. The van der Waals surface area contributed by atoms with Crippen LogP contribution < -0.4 is 5.32 Å². The van der Waals surface area contributed by atoms with Gasteiger partial charge in [0, 0.05) is 11.1 Å². The third-order valence-corrected chi connectivity index (χ3v) is 5.85. The largest absolute Gasteiger partial charge is 0.479 e. The first kappa shape index (κ1) is 20.7. The zero-order valence-corrected chi connectivity index (χ0v) is 17.5. The van der Waals surface area contributed by atoms with Gasteiger partial charge in [-0.1, -0.05) is 13.8 Å². The smallest absolute Gasteiger partial charge is 0.408 e. The van der Waals surface area contributed by atoms with Gasteiger partial charge in [0.05, 0.1) is 6.04 Å². The van der Waals surface area contributed by atoms with Crippen LogP contribution in [0.5, 0.6) is 0 Å². The molecule has 0 fully saturated rings. The van der Waals surface area contributed by atoms with Crippen molar-refractivity contribution < 1.29 is 19.4 Å². The number of nitrogens with one attached hydrogen (secondary N) is 1. The maximum atomic E-state index is 12.1. The molecule has 0 aliphatic carbocycles. The van der Waals surface area contributed by atoms with Gasteiger partial charge in [-0.3, -0.25) is 4.99 Å². The van der Waals surface area contributed by atoms with Crippen LogP contribution in [0.4, 0.5) is 4.79 Å². The molecule has 0 unspecified atom stereocenters. The normalized spacial score (nSPS) is 21.4. The average molecular weight is 400 g/mol. The molecule has 0 spiro atoms. The maximum absolute atomic E-state index is 12.1. The van der Waals surface area contributed by atoms with Crippen LogP contribution in [-0.4, -0.2) is 44.1 Å². The Bertz CT molecular complexity index is 724. The Morgan fingerprint density at radius 3 is 2.54 bits per heavy atom. The van der Waals surface area contributed by atoms with Crippen LogP contribution in [0.15, 0.2) is 10.4 Å². The number of thiazole rings is 1. The molecule has 2 heterocycles. The van der Waals surface area contributed by atoms with E-state index in [1.807, 2.05) is 40.0 Å². The summed E-state index contributed by atoms with van der Waals surface area (Å²) < 4.78 is 5.33. The Balaban J connectivity index is 2.18. The summed E-state index contributed by atoms with van der Waals surface area (Å²) in [5, 5.41) is 15.4. The van der Waals surface area contributed by atoms with Crippen molar-refractivity contribution in [2.24, 2.45) is 10.9 Å². The van der Waals surface area contributed by atoms with Crippen LogP contribution in [0.25, 0.3) is 0 Å². The minimum atomic E-state index is -1.12. The van der Waals surface area contributed by atoms with E-state index >= 15 is 0 Å². The summed E-state index contributed by atoms with van der Waals surface area (Å²) >= 11 is 2.81. The highest BCUT2D eigenvalue weighted by Crippen LogP contribution is 2.33. The number of nitrogens with zero attached hydrogens (tertiary/aromatic N) is 2. The van der Waals surface area contributed by atoms with Crippen molar-refractivity contribution in [3.8, 4) is 0 Å². The van der Waals surface area contributed by atoms with E-state index in [1.54, 1.807) is 6.92 Å². The van der Waals surface area contributed by atoms with Gasteiger partial charge in [-0.2, -0.15) is 0 Å². The SMILES string of the molecule is CC(C)[C@@H](NC(=O)OC(C)(C)C)c1nc(C2=N[C@](C)(C(=O)O)CS2)cs1. The van der Waals surface area contributed by atoms with Crippen LogP contribution in [0.3, 0.4) is 0 Å². The van der Waals surface area contributed by atoms with Gasteiger partial charge in [-0.15, -0.1) is 23.1 Å². The Labute approximate surface area is 161 Å². The van der Waals surface area contributed by atoms with Crippen molar-refractivity contribution in [1.29, 1.82) is 0 Å². The molecule has 144 valence electrons. The number of thioether (sulfide) groups is 1. The molecule has 0 saturated carbocycles. The summed E-state index contributed by atoms with van der Waals surface area (Å²) in [4.78, 5) is 32.4. The topological polar surface area (TPSA) is 101 Å². The van der Waals surface area contributed by atoms with E-state index < -0.39 is 23.2 Å². The molecule has 0 bridgehead atoms. The van der Waals surface area contributed by atoms with E-state index in [9.17, 15) is 14.7 Å². The molecular weight excluding hydrogens is 374 g/mol. The first-order chi connectivity index (χ1) is 11.9. The van der Waals surface area contributed by atoms with Gasteiger partial charge >= 0.3 is 12.1 Å². The summed E-state index contributed by atoms with van der Waals surface area (Å²) in [6.45, 7) is 11.0. The standard InChI is InChI=1S/C17H25N3O4S2/c1-9(2)11(19-15(23)24-16(3,4)5)13-18-10(7-25-13)12-20-17(6,8-26-12)14(21)22/h7,9,11H,8H2,1-6H3,(H,19,23)(H,21,22)/t11-,17+/m1/s1. The maximum Gasteiger partial charge on any atom is 0.408 e. The minimum absolute atomic E-state index is 0.115. The number of carboxylic acids is 1. The van der Waals surface area contributed by atoms with Crippen LogP contribution >= 0.6 is 23.1 Å². The number of carboxylic acid groups (broad SMARTS) is 1. The zero-order chi connectivity index (χ0) is 19.7. The number of carbonyl (C=O) groups excluding carboxylic acids is 1. The fraction of sp³-hybridized carbons (Fsp3) is 0.647. The highest BCUT2D eigenvalue weighted by atomic mass is 32.2. The van der Waals surface area contributed by atoms with Crippen LogP contribution in [0.2, 0.25) is 0 Å². The fourth-order valence-corrected chi connectivity index (χ4v) is 4.44. The number of aliphatic carboxylic acids is 1. The number of hydrogen-bond donors (Lipinski definition) is 2. The number of ether oxygens (including phenoxy) is 1. The molecule has 1 aliphatic heterocycles. The van der Waals surface area contributed by atoms with Crippen molar-refractivity contribution in [2.45, 2.75) is 58.7 Å². The molecular formula is C17H25N3O4S2. The third kappa shape index (κ3) is 4.97. The zero-order valence-electron chi connectivity index (χ0n) is 15.8. The van der Waals surface area contributed by atoms with Gasteiger partial charge in [0.2, 0.25) is 0 Å². The molecule has 7 nitrogen and oxygen atoms in total. The lowest BCUT2D eigenvalue weighted by molar-refractivity contribution is -0.141. The highest BCUT2D eigenvalue weighted by Gasteiger charge is 2.39. The molecule has 1 aliphatic rings. The molecule has 1 aromatic heterocycles. The van der Waals surface area contributed by atoms with Gasteiger partial charge in [0.1, 0.15) is 21.3 Å². The van der Waals surface area contributed by atoms with Crippen LogP contribution in [-0.2, 0) is 9.53 Å². The Hall–Kier alpha value is -1.61. The number of aromatic nitrogens is 1. The number of amides is 1. The van der Waals surface area contributed by atoms with Crippen molar-refractivity contribution in [3.05, 3.63) is 16.1 Å². The van der Waals surface area contributed by atoms with E-state index in [4.69, 9.17) is 4.74 Å². The Morgan fingerprint density at radius 2 is 2.04 bits per heavy atom. The highest BCUT2D eigenvalue weighted by molar-refractivity contribution is 8.14. The van der Waals surface area contributed by atoms with Gasteiger partial charge in [0.25, 0.3) is 0 Å². The Morgan fingerprint density at radius 1 is 1.38 bits per heavy atom. The van der Waals surface area contributed by atoms with Gasteiger partial charge in [-0.05, 0) is 33.6 Å². The number of alkyl carbamates (subject to hydrolysis) is 1. The first-order valence-electron chi connectivity index (χ1n) is 8.32. The summed E-state index contributed by atoms with van der Waals surface area (Å²) in [6, 6.07) is -0.290. The van der Waals surface area contributed by atoms with E-state index in [-0.39, 0.29) is 12.0 Å². The lowest BCUT2D eigenvalue weighted by atomic mass is 10.1. The van der Waals surface area contributed by atoms with Crippen molar-refractivity contribution in [1.82, 2.24) is 10.3 Å². The molecule has 1 amide bonds. The Kier molecular flexibility index (Phi) is 6.02. The molecule has 0 radical (unpaired) electrons. The predicted octanol–water partition coefficient (Wildman–Crippen LogP) is 3.70. The fourth-order valence-electron chi connectivity index (χ4n) is 2.22. The second kappa shape index (κ2) is 7.56. The number of hydrogen-bond acceptors (Lipinski definition) is 7. The van der Waals surface area contributed by atoms with E-state index in [2.05, 4.69) is 15.3 Å². The molecule has 0 saturated heterocycles. The summed E-state index contributed by atoms with van der Waals surface area (Å²) in [6.07, 6.45) is -0.487. The monoisotopic (exact) mass is 399 g/mol. The van der Waals surface area contributed by atoms with Gasteiger partial charge in [-0.25, -0.2) is 14.6 Å². The van der Waals surface area contributed by atoms with Gasteiger partial charge in [0.15, 0.2) is 5.54 Å². The molecule has 1 aromatic rings. The molecule has 26 heavy (non-hydrogen) atoms. The average Bonchev–Trinajstić information content (AvgIpc) is 3.10. The number of aliphatic imine (C=N–C) groups is 1. The molecule has 2 rings (SSSR count). The van der Waals surface area contributed by atoms with Crippen LogP contribution in [0.1, 0.15) is 58.3 Å². The quantitative estimate of drug-likeness (QED) is 0.783. The molecule has 2 atom stereocenters. The molecule has 2 N–H and O–H groups in total. The summed E-state index contributed by atoms with van der Waals surface area (Å²) in [7, 11) is 0. The van der Waals surface area contributed by atoms with Crippen molar-refractivity contribution in [2.75, 3.05) is 5.75 Å². The molecule has 9 heteroatoms. The second-order valence-corrected chi connectivity index (χ2v) is 9.58. The van der Waals surface area contributed by atoms with E-state index in [0.717, 1.165) is 5.01 Å². The summed E-state index contributed by atoms with van der Waals surface area (Å²) in [5.41, 5.74) is -1.04. The lowest BCUT2D eigenvalue weighted by Crippen LogP contribution is -2.36. The lowest BCUT2D eigenvalue weighted by Gasteiger charge is -2.24. The number of carbonyl (C=O) groups is 2. The van der Waals surface area contributed by atoms with E-state index in [0.29, 0.717) is 16.5 Å². The summed E-state index contributed by atoms with van der Waals surface area (Å²) in [5.74, 6) is -0.444.